The Morgan fingerprint density at radius 2 is 1.76 bits per heavy atom. The highest BCUT2D eigenvalue weighted by molar-refractivity contribution is 9.10. The number of carbonyl (C=O) groups excluding carboxylic acids is 3. The number of hydrogen-bond acceptors (Lipinski definition) is 4. The third kappa shape index (κ3) is 2.97. The summed E-state index contributed by atoms with van der Waals surface area (Å²) in [7, 11) is 0. The van der Waals surface area contributed by atoms with E-state index in [1.54, 1.807) is 6.92 Å². The van der Waals surface area contributed by atoms with Gasteiger partial charge in [0.05, 0.1) is 9.15 Å². The number of alkyl halides is 2. The topological polar surface area (TPSA) is 60.4 Å². The Morgan fingerprint density at radius 1 is 1.07 bits per heavy atom. The van der Waals surface area contributed by atoms with Crippen molar-refractivity contribution in [3.8, 4) is 0 Å². The fraction of sp³-hybridized carbons (Fsp3) is 0.870. The van der Waals surface area contributed by atoms with Gasteiger partial charge in [0.2, 0.25) is 0 Å². The van der Waals surface area contributed by atoms with Crippen LogP contribution in [0.3, 0.4) is 0 Å². The zero-order chi connectivity index (χ0) is 21.4. The molecule has 0 N–H and O–H groups in total. The van der Waals surface area contributed by atoms with Gasteiger partial charge in [0, 0.05) is 19.3 Å². The molecule has 0 radical (unpaired) electrons. The van der Waals surface area contributed by atoms with Crippen LogP contribution < -0.4 is 0 Å². The van der Waals surface area contributed by atoms with E-state index in [0.29, 0.717) is 30.5 Å². The minimum atomic E-state index is -0.535. The lowest BCUT2D eigenvalue weighted by atomic mass is 9.44. The summed E-state index contributed by atoms with van der Waals surface area (Å²) in [6, 6.07) is 0. The van der Waals surface area contributed by atoms with Gasteiger partial charge in [-0.2, -0.15) is 0 Å². The average molecular weight is 532 g/mol. The highest BCUT2D eigenvalue weighted by atomic mass is 79.9. The summed E-state index contributed by atoms with van der Waals surface area (Å²) in [5, 5.41) is 0. The number of esters is 1. The Kier molecular flexibility index (Phi) is 5.42. The van der Waals surface area contributed by atoms with Crippen molar-refractivity contribution in [2.75, 3.05) is 0 Å². The number of fused-ring (bicyclic) bond motifs is 5. The van der Waals surface area contributed by atoms with E-state index < -0.39 is 4.32 Å². The third-order valence-corrected chi connectivity index (χ3v) is 12.4. The van der Waals surface area contributed by atoms with Crippen molar-refractivity contribution in [2.24, 2.45) is 34.5 Å². The van der Waals surface area contributed by atoms with Crippen LogP contribution in [0.4, 0.5) is 0 Å². The van der Waals surface area contributed by atoms with E-state index in [4.69, 9.17) is 4.74 Å². The first-order valence-corrected chi connectivity index (χ1v) is 12.7. The van der Waals surface area contributed by atoms with E-state index in [-0.39, 0.29) is 45.3 Å². The van der Waals surface area contributed by atoms with Crippen molar-refractivity contribution in [2.45, 2.75) is 87.9 Å². The summed E-state index contributed by atoms with van der Waals surface area (Å²) >= 11 is 7.59. The van der Waals surface area contributed by atoms with Gasteiger partial charge in [-0.1, -0.05) is 45.7 Å². The van der Waals surface area contributed by atoms with Crippen molar-refractivity contribution >= 4 is 49.4 Å². The van der Waals surface area contributed by atoms with Gasteiger partial charge < -0.3 is 4.74 Å². The standard InChI is InChI=1S/C23H32Br2O4/c1-12(26)23(25)10-7-15-14-5-6-16-20(24)17(28)8-9-21(16,3)19(14)18(29-13(2)27)11-22(15,23)4/h14-16,18-20H,5-11H2,1-4H3/t14-,15+,16+,18+,19+,20-,21+,22+,23-/m0/s1. The monoisotopic (exact) mass is 530 g/mol. The number of ketones is 2. The molecular formula is C23H32Br2O4. The van der Waals surface area contributed by atoms with Crippen LogP contribution in [0.5, 0.6) is 0 Å². The summed E-state index contributed by atoms with van der Waals surface area (Å²) in [4.78, 5) is 37.1. The number of Topliss-reactive ketones (excluding diaryl/α,β-unsaturated/α-hetero) is 2. The van der Waals surface area contributed by atoms with Crippen LogP contribution in [-0.4, -0.2) is 32.8 Å². The molecule has 0 aromatic carbocycles. The van der Waals surface area contributed by atoms with Crippen molar-refractivity contribution in [3.63, 3.8) is 0 Å². The highest BCUT2D eigenvalue weighted by Crippen LogP contribution is 2.70. The molecule has 4 rings (SSSR count). The minimum absolute atomic E-state index is 0.0276. The molecule has 6 heteroatoms. The van der Waals surface area contributed by atoms with E-state index in [1.165, 1.54) is 6.92 Å². The normalized spacial score (nSPS) is 51.6. The third-order valence-electron chi connectivity index (χ3n) is 9.39. The van der Waals surface area contributed by atoms with Gasteiger partial charge in [-0.05, 0) is 74.0 Å². The molecule has 0 saturated heterocycles. The van der Waals surface area contributed by atoms with Gasteiger partial charge in [0.15, 0.2) is 0 Å². The zero-order valence-electron chi connectivity index (χ0n) is 17.8. The molecule has 162 valence electrons. The van der Waals surface area contributed by atoms with Crippen molar-refractivity contribution < 1.29 is 19.1 Å². The number of halogens is 2. The fourth-order valence-corrected chi connectivity index (χ4v) is 9.84. The predicted octanol–water partition coefficient (Wildman–Crippen LogP) is 5.24. The largest absolute Gasteiger partial charge is 0.462 e. The number of rotatable bonds is 2. The molecule has 4 nitrogen and oxygen atoms in total. The molecule has 29 heavy (non-hydrogen) atoms. The molecule has 0 aromatic rings. The quantitative estimate of drug-likeness (QED) is 0.361. The molecule has 4 aliphatic carbocycles. The lowest BCUT2D eigenvalue weighted by Crippen LogP contribution is -2.63. The molecule has 4 aliphatic rings. The second-order valence-corrected chi connectivity index (χ2v) is 12.9. The molecule has 0 amide bonds. The average Bonchev–Trinajstić information content (AvgIpc) is 2.90. The molecule has 4 fully saturated rings. The van der Waals surface area contributed by atoms with Gasteiger partial charge in [-0.3, -0.25) is 14.4 Å². The minimum Gasteiger partial charge on any atom is -0.462 e. The maximum Gasteiger partial charge on any atom is 0.302 e. The molecule has 4 saturated carbocycles. The van der Waals surface area contributed by atoms with E-state index in [1.807, 2.05) is 0 Å². The van der Waals surface area contributed by atoms with Crippen LogP contribution in [0, 0.1) is 34.5 Å². The van der Waals surface area contributed by atoms with Gasteiger partial charge in [-0.25, -0.2) is 0 Å². The molecular weight excluding hydrogens is 500 g/mol. The second-order valence-electron chi connectivity index (χ2n) is 10.5. The van der Waals surface area contributed by atoms with E-state index in [0.717, 1.165) is 32.1 Å². The van der Waals surface area contributed by atoms with Crippen molar-refractivity contribution in [3.05, 3.63) is 0 Å². The van der Waals surface area contributed by atoms with Crippen molar-refractivity contribution in [1.29, 1.82) is 0 Å². The summed E-state index contributed by atoms with van der Waals surface area (Å²) in [5.74, 6) is 1.65. The SMILES string of the molecule is CC(=O)O[C@@H]1C[C@]2(C)[C@H](CC[C@]2(Br)C(C)=O)[C@@H]2CC[C@@H]3[C@H](Br)C(=O)CC[C@@]3(C)[C@H]21. The van der Waals surface area contributed by atoms with Crippen LogP contribution >= 0.6 is 31.9 Å². The Morgan fingerprint density at radius 3 is 2.38 bits per heavy atom. The number of carbonyl (C=O) groups is 3. The molecule has 0 aromatic heterocycles. The Balaban J connectivity index is 1.78. The van der Waals surface area contributed by atoms with Gasteiger partial charge in [-0.15, -0.1) is 0 Å². The van der Waals surface area contributed by atoms with E-state index in [9.17, 15) is 14.4 Å². The Bertz CT molecular complexity index is 753. The van der Waals surface area contributed by atoms with Crippen LogP contribution in [0.15, 0.2) is 0 Å². The first-order chi connectivity index (χ1) is 13.5. The first-order valence-electron chi connectivity index (χ1n) is 11.0. The van der Waals surface area contributed by atoms with Crippen molar-refractivity contribution in [1.82, 2.24) is 0 Å². The fourth-order valence-electron chi connectivity index (χ4n) is 8.06. The maximum atomic E-state index is 12.7. The van der Waals surface area contributed by atoms with Gasteiger partial charge in [0.1, 0.15) is 17.7 Å². The predicted molar refractivity (Wildman–Crippen MR) is 118 cm³/mol. The van der Waals surface area contributed by atoms with Gasteiger partial charge >= 0.3 is 5.97 Å². The molecule has 0 spiro atoms. The summed E-state index contributed by atoms with van der Waals surface area (Å²) in [6.45, 7) is 7.75. The van der Waals surface area contributed by atoms with Crippen LogP contribution in [0.1, 0.15) is 72.6 Å². The molecule has 0 heterocycles. The summed E-state index contributed by atoms with van der Waals surface area (Å²) < 4.78 is 5.48. The molecule has 9 atom stereocenters. The van der Waals surface area contributed by atoms with E-state index >= 15 is 0 Å². The molecule has 0 bridgehead atoms. The highest BCUT2D eigenvalue weighted by Gasteiger charge is 2.69. The van der Waals surface area contributed by atoms with Crippen LogP contribution in [-0.2, 0) is 19.1 Å². The Hall–Kier alpha value is -0.230. The number of hydrogen-bond donors (Lipinski definition) is 0. The molecule has 0 aliphatic heterocycles. The van der Waals surface area contributed by atoms with Gasteiger partial charge in [0.25, 0.3) is 0 Å². The lowest BCUT2D eigenvalue weighted by Gasteiger charge is -2.63. The van der Waals surface area contributed by atoms with E-state index in [2.05, 4.69) is 45.7 Å². The molecule has 0 unspecified atom stereocenters. The van der Waals surface area contributed by atoms with Crippen LogP contribution in [0.2, 0.25) is 0 Å². The lowest BCUT2D eigenvalue weighted by molar-refractivity contribution is -0.191. The summed E-state index contributed by atoms with van der Waals surface area (Å²) in [6.07, 6.45) is 5.92. The summed E-state index contributed by atoms with van der Waals surface area (Å²) in [5.41, 5.74) is -0.248. The second kappa shape index (κ2) is 7.15. The number of ether oxygens (including phenoxy) is 1. The Labute approximate surface area is 190 Å². The van der Waals surface area contributed by atoms with Crippen LogP contribution in [0.25, 0.3) is 0 Å². The maximum absolute atomic E-state index is 12.7. The smallest absolute Gasteiger partial charge is 0.302 e. The zero-order valence-corrected chi connectivity index (χ0v) is 21.0. The first kappa shape index (κ1) is 22.0.